The summed E-state index contributed by atoms with van der Waals surface area (Å²) in [5, 5.41) is 3.47. The van der Waals surface area contributed by atoms with Gasteiger partial charge in [-0.05, 0) is 45.5 Å². The number of aryl methyl sites for hydroxylation is 1. The number of hydrogen-bond acceptors (Lipinski definition) is 4. The van der Waals surface area contributed by atoms with Gasteiger partial charge in [0.25, 0.3) is 0 Å². The Morgan fingerprint density at radius 2 is 2.31 bits per heavy atom. The Morgan fingerprint density at radius 1 is 1.50 bits per heavy atom. The molecule has 0 saturated carbocycles. The van der Waals surface area contributed by atoms with Gasteiger partial charge in [0, 0.05) is 12.6 Å². The highest BCUT2D eigenvalue weighted by atomic mass is 15.1. The van der Waals surface area contributed by atoms with Gasteiger partial charge in [-0.15, -0.1) is 0 Å². The molecule has 1 aliphatic heterocycles. The zero-order valence-corrected chi connectivity index (χ0v) is 10.0. The summed E-state index contributed by atoms with van der Waals surface area (Å²) < 4.78 is 0. The monoisotopic (exact) mass is 220 g/mol. The Hall–Kier alpha value is -1.29. The smallest absolute Gasteiger partial charge is 0.126 e. The van der Waals surface area contributed by atoms with Gasteiger partial charge < -0.3 is 16.0 Å². The zero-order valence-electron chi connectivity index (χ0n) is 10.0. The molecule has 1 aliphatic rings. The first kappa shape index (κ1) is 11.2. The maximum absolute atomic E-state index is 5.75. The molecular weight excluding hydrogens is 200 g/mol. The van der Waals surface area contributed by atoms with E-state index >= 15 is 0 Å². The number of nitrogens with one attached hydrogen (secondary N) is 1. The second-order valence-corrected chi connectivity index (χ2v) is 4.62. The summed E-state index contributed by atoms with van der Waals surface area (Å²) in [5.74, 6) is 0.937. The van der Waals surface area contributed by atoms with Crippen LogP contribution in [0.15, 0.2) is 12.1 Å². The number of nitrogens with zero attached hydrogens (tertiary/aromatic N) is 2. The number of pyridine rings is 1. The molecule has 88 valence electrons. The van der Waals surface area contributed by atoms with Crippen molar-refractivity contribution >= 4 is 11.5 Å². The normalized spacial score (nSPS) is 22.0. The van der Waals surface area contributed by atoms with Crippen molar-refractivity contribution in [3.63, 3.8) is 0 Å². The lowest BCUT2D eigenvalue weighted by Gasteiger charge is -2.30. The minimum absolute atomic E-state index is 0.509. The number of nitrogen functional groups attached to an aromatic ring is 1. The molecule has 0 bridgehead atoms. The fourth-order valence-electron chi connectivity index (χ4n) is 2.15. The van der Waals surface area contributed by atoms with E-state index in [9.17, 15) is 0 Å². The van der Waals surface area contributed by atoms with Gasteiger partial charge in [0.1, 0.15) is 5.82 Å². The molecule has 0 amide bonds. The van der Waals surface area contributed by atoms with Crippen molar-refractivity contribution in [1.82, 2.24) is 9.88 Å². The molecule has 1 saturated heterocycles. The van der Waals surface area contributed by atoms with E-state index in [1.54, 1.807) is 0 Å². The van der Waals surface area contributed by atoms with Crippen molar-refractivity contribution in [2.45, 2.75) is 25.8 Å². The molecule has 1 fully saturated rings. The summed E-state index contributed by atoms with van der Waals surface area (Å²) in [5.41, 5.74) is 7.40. The molecule has 2 heterocycles. The molecule has 1 aromatic heterocycles. The van der Waals surface area contributed by atoms with Crippen LogP contribution < -0.4 is 11.1 Å². The second kappa shape index (κ2) is 4.70. The number of aromatic nitrogens is 1. The first-order chi connectivity index (χ1) is 7.65. The molecule has 1 unspecified atom stereocenters. The summed E-state index contributed by atoms with van der Waals surface area (Å²) in [6.07, 6.45) is 2.47. The minimum Gasteiger partial charge on any atom is -0.397 e. The zero-order chi connectivity index (χ0) is 11.5. The minimum atomic E-state index is 0.509. The molecule has 3 N–H and O–H groups in total. The fourth-order valence-corrected chi connectivity index (χ4v) is 2.15. The summed E-state index contributed by atoms with van der Waals surface area (Å²) in [6, 6.07) is 4.38. The number of rotatable bonds is 2. The van der Waals surface area contributed by atoms with Crippen LogP contribution in [0.5, 0.6) is 0 Å². The van der Waals surface area contributed by atoms with E-state index < -0.39 is 0 Å². The SMILES string of the molecule is Cc1nc(NC2CCCN(C)C2)ccc1N. The number of nitrogens with two attached hydrogens (primary N) is 1. The number of hydrogen-bond donors (Lipinski definition) is 2. The highest BCUT2D eigenvalue weighted by Gasteiger charge is 2.17. The number of likely N-dealkylation sites (N-methyl/N-ethyl adjacent to an activating group) is 1. The highest BCUT2D eigenvalue weighted by molar-refractivity contribution is 5.49. The van der Waals surface area contributed by atoms with Crippen molar-refractivity contribution in [3.8, 4) is 0 Å². The molecule has 2 rings (SSSR count). The maximum Gasteiger partial charge on any atom is 0.126 e. The molecule has 4 heteroatoms. The van der Waals surface area contributed by atoms with Gasteiger partial charge in [-0.3, -0.25) is 0 Å². The number of piperidine rings is 1. The predicted molar refractivity (Wildman–Crippen MR) is 67.5 cm³/mol. The van der Waals surface area contributed by atoms with Crippen LogP contribution in [-0.4, -0.2) is 36.1 Å². The van der Waals surface area contributed by atoms with Crippen LogP contribution >= 0.6 is 0 Å². The van der Waals surface area contributed by atoms with Gasteiger partial charge in [-0.1, -0.05) is 0 Å². The molecule has 0 spiro atoms. The van der Waals surface area contributed by atoms with Crippen molar-refractivity contribution in [3.05, 3.63) is 17.8 Å². The average molecular weight is 220 g/mol. The van der Waals surface area contributed by atoms with E-state index in [2.05, 4.69) is 22.2 Å². The molecule has 16 heavy (non-hydrogen) atoms. The quantitative estimate of drug-likeness (QED) is 0.792. The van der Waals surface area contributed by atoms with Crippen molar-refractivity contribution in [2.24, 2.45) is 0 Å². The van der Waals surface area contributed by atoms with Gasteiger partial charge in [-0.2, -0.15) is 0 Å². The maximum atomic E-state index is 5.75. The van der Waals surface area contributed by atoms with Crippen LogP contribution in [0.25, 0.3) is 0 Å². The summed E-state index contributed by atoms with van der Waals surface area (Å²) in [6.45, 7) is 4.23. The second-order valence-electron chi connectivity index (χ2n) is 4.62. The molecule has 1 aromatic rings. The van der Waals surface area contributed by atoms with E-state index in [4.69, 9.17) is 5.73 Å². The van der Waals surface area contributed by atoms with Crippen molar-refractivity contribution < 1.29 is 0 Å². The molecule has 0 aromatic carbocycles. The standard InChI is InChI=1S/C12H20N4/c1-9-11(13)5-6-12(14-9)15-10-4-3-7-16(2)8-10/h5-6,10H,3-4,7-8,13H2,1-2H3,(H,14,15). The molecule has 1 atom stereocenters. The lowest BCUT2D eigenvalue weighted by Crippen LogP contribution is -2.39. The Bertz CT molecular complexity index is 364. The number of anilines is 2. The lowest BCUT2D eigenvalue weighted by molar-refractivity contribution is 0.261. The van der Waals surface area contributed by atoms with Crippen LogP contribution in [0.1, 0.15) is 18.5 Å². The average Bonchev–Trinajstić information content (AvgIpc) is 2.24. The predicted octanol–water partition coefficient (Wildman–Crippen LogP) is 1.48. The Labute approximate surface area is 96.8 Å². The summed E-state index contributed by atoms with van der Waals surface area (Å²) >= 11 is 0. The van der Waals surface area contributed by atoms with Crippen LogP contribution in [-0.2, 0) is 0 Å². The van der Waals surface area contributed by atoms with Crippen LogP contribution in [0, 0.1) is 6.92 Å². The van der Waals surface area contributed by atoms with Crippen LogP contribution in [0.4, 0.5) is 11.5 Å². The van der Waals surface area contributed by atoms with Gasteiger partial charge in [0.15, 0.2) is 0 Å². The molecule has 0 radical (unpaired) electrons. The summed E-state index contributed by atoms with van der Waals surface area (Å²) in [7, 11) is 2.16. The first-order valence-corrected chi connectivity index (χ1v) is 5.83. The fraction of sp³-hybridized carbons (Fsp3) is 0.583. The van der Waals surface area contributed by atoms with Crippen LogP contribution in [0.3, 0.4) is 0 Å². The van der Waals surface area contributed by atoms with Crippen molar-refractivity contribution in [2.75, 3.05) is 31.2 Å². The van der Waals surface area contributed by atoms with E-state index in [1.165, 1.54) is 19.4 Å². The van der Waals surface area contributed by atoms with Crippen LogP contribution in [0.2, 0.25) is 0 Å². The topological polar surface area (TPSA) is 54.2 Å². The summed E-state index contributed by atoms with van der Waals surface area (Å²) in [4.78, 5) is 6.79. The molecular formula is C12H20N4. The van der Waals surface area contributed by atoms with E-state index in [0.29, 0.717) is 6.04 Å². The first-order valence-electron chi connectivity index (χ1n) is 5.83. The van der Waals surface area contributed by atoms with E-state index in [0.717, 1.165) is 23.7 Å². The number of likely N-dealkylation sites (tertiary alicyclic amines) is 1. The Kier molecular flexibility index (Phi) is 3.29. The third-order valence-electron chi connectivity index (χ3n) is 3.10. The lowest BCUT2D eigenvalue weighted by atomic mass is 10.1. The third-order valence-corrected chi connectivity index (χ3v) is 3.10. The molecule has 0 aliphatic carbocycles. The third kappa shape index (κ3) is 2.64. The van der Waals surface area contributed by atoms with Gasteiger partial charge >= 0.3 is 0 Å². The largest absolute Gasteiger partial charge is 0.397 e. The van der Waals surface area contributed by atoms with Gasteiger partial charge in [0.05, 0.1) is 11.4 Å². The highest BCUT2D eigenvalue weighted by Crippen LogP contribution is 2.16. The van der Waals surface area contributed by atoms with Gasteiger partial charge in [-0.25, -0.2) is 4.98 Å². The Morgan fingerprint density at radius 3 is 3.00 bits per heavy atom. The molecule has 4 nitrogen and oxygen atoms in total. The Balaban J connectivity index is 2.00. The van der Waals surface area contributed by atoms with E-state index in [-0.39, 0.29) is 0 Å². The van der Waals surface area contributed by atoms with Gasteiger partial charge in [0.2, 0.25) is 0 Å². The van der Waals surface area contributed by atoms with E-state index in [1.807, 2.05) is 19.1 Å². The van der Waals surface area contributed by atoms with Crippen molar-refractivity contribution in [1.29, 1.82) is 0 Å².